The molecule has 2 aliphatic heterocycles. The lowest BCUT2D eigenvalue weighted by Crippen LogP contribution is -2.54. The Morgan fingerprint density at radius 3 is 2.64 bits per heavy atom. The maximum atomic E-state index is 13.0. The lowest BCUT2D eigenvalue weighted by molar-refractivity contribution is -0.124. The number of carbonyl (C=O) groups excluding carboxylic acids is 3. The molecular formula is C25H29ClN4O6. The van der Waals surface area contributed by atoms with Gasteiger partial charge in [-0.25, -0.2) is 4.79 Å². The van der Waals surface area contributed by atoms with Crippen LogP contribution in [0.3, 0.4) is 0 Å². The molecule has 2 aromatic rings. The molecule has 1 fully saturated rings. The van der Waals surface area contributed by atoms with Crippen LogP contribution in [0.1, 0.15) is 23.2 Å². The second kappa shape index (κ2) is 12.0. The first-order valence-electron chi connectivity index (χ1n) is 11.7. The molecule has 36 heavy (non-hydrogen) atoms. The number of benzene rings is 2. The van der Waals surface area contributed by atoms with Crippen molar-refractivity contribution in [1.82, 2.24) is 15.5 Å². The number of methoxy groups -OCH3 is 1. The van der Waals surface area contributed by atoms with Crippen molar-refractivity contribution in [3.8, 4) is 11.5 Å². The highest BCUT2D eigenvalue weighted by Crippen LogP contribution is 2.32. The summed E-state index contributed by atoms with van der Waals surface area (Å²) in [6.07, 6.45) is 1.10. The standard InChI is InChI=1S/C25H29ClN4O6/c1-34-12-9-27-24(32)22(29-23(31)17-5-6-20-21(13-17)36-15-35-20)16-7-10-30(11-8-16)25(33)28-19-4-2-3-18(26)14-19/h2-6,13-14,16,22H,7-12,15H2,1H3,(H,27,32)(H,28,33)(H,29,31)/t22-/m1/s1. The number of hydrogen-bond acceptors (Lipinski definition) is 6. The highest BCUT2D eigenvalue weighted by atomic mass is 35.5. The van der Waals surface area contributed by atoms with Crippen LogP contribution < -0.4 is 25.4 Å². The molecule has 1 atom stereocenters. The van der Waals surface area contributed by atoms with Crippen LogP contribution >= 0.6 is 11.6 Å². The number of nitrogens with zero attached hydrogens (tertiary/aromatic N) is 1. The van der Waals surface area contributed by atoms with E-state index in [0.717, 1.165) is 0 Å². The molecule has 2 aliphatic rings. The van der Waals surface area contributed by atoms with Gasteiger partial charge in [-0.1, -0.05) is 17.7 Å². The molecule has 4 rings (SSSR count). The topological polar surface area (TPSA) is 118 Å². The minimum Gasteiger partial charge on any atom is -0.454 e. The Morgan fingerprint density at radius 1 is 1.11 bits per heavy atom. The molecule has 0 saturated carbocycles. The first-order chi connectivity index (χ1) is 17.4. The Morgan fingerprint density at radius 2 is 1.89 bits per heavy atom. The molecule has 0 bridgehead atoms. The normalized spacial score (nSPS) is 15.8. The third kappa shape index (κ3) is 6.38. The molecule has 2 heterocycles. The first-order valence-corrected chi connectivity index (χ1v) is 12.1. The Balaban J connectivity index is 1.39. The van der Waals surface area contributed by atoms with Crippen molar-refractivity contribution in [3.05, 3.63) is 53.1 Å². The molecule has 10 nitrogen and oxygen atoms in total. The highest BCUT2D eigenvalue weighted by molar-refractivity contribution is 6.30. The van der Waals surface area contributed by atoms with E-state index in [9.17, 15) is 14.4 Å². The fourth-order valence-electron chi connectivity index (χ4n) is 4.25. The smallest absolute Gasteiger partial charge is 0.321 e. The third-order valence-electron chi connectivity index (χ3n) is 6.18. The van der Waals surface area contributed by atoms with E-state index in [4.69, 9.17) is 25.8 Å². The summed E-state index contributed by atoms with van der Waals surface area (Å²) in [7, 11) is 1.55. The second-order valence-electron chi connectivity index (χ2n) is 8.57. The molecule has 0 aliphatic carbocycles. The number of piperidine rings is 1. The number of halogens is 1. The van der Waals surface area contributed by atoms with Gasteiger partial charge in [0.1, 0.15) is 6.04 Å². The maximum Gasteiger partial charge on any atom is 0.321 e. The van der Waals surface area contributed by atoms with Crippen molar-refractivity contribution in [2.75, 3.05) is 45.5 Å². The zero-order chi connectivity index (χ0) is 25.5. The van der Waals surface area contributed by atoms with Crippen molar-refractivity contribution < 1.29 is 28.6 Å². The van der Waals surface area contributed by atoms with Crippen LogP contribution in [0.2, 0.25) is 5.02 Å². The van der Waals surface area contributed by atoms with Gasteiger partial charge < -0.3 is 35.1 Å². The molecule has 2 aromatic carbocycles. The number of hydrogen-bond donors (Lipinski definition) is 3. The van der Waals surface area contributed by atoms with Gasteiger partial charge in [-0.3, -0.25) is 9.59 Å². The van der Waals surface area contributed by atoms with Gasteiger partial charge in [0.15, 0.2) is 11.5 Å². The average molecular weight is 517 g/mol. The maximum absolute atomic E-state index is 13.0. The van der Waals surface area contributed by atoms with Gasteiger partial charge in [0.05, 0.1) is 6.61 Å². The predicted molar refractivity (Wildman–Crippen MR) is 133 cm³/mol. The fourth-order valence-corrected chi connectivity index (χ4v) is 4.44. The van der Waals surface area contributed by atoms with Gasteiger partial charge in [-0.05, 0) is 55.2 Å². The van der Waals surface area contributed by atoms with E-state index >= 15 is 0 Å². The van der Waals surface area contributed by atoms with Gasteiger partial charge in [0, 0.05) is 43.0 Å². The number of ether oxygens (including phenoxy) is 3. The van der Waals surface area contributed by atoms with E-state index in [-0.39, 0.29) is 30.6 Å². The number of anilines is 1. The van der Waals surface area contributed by atoms with E-state index in [0.29, 0.717) is 66.9 Å². The van der Waals surface area contributed by atoms with Gasteiger partial charge in [0.2, 0.25) is 12.7 Å². The lowest BCUT2D eigenvalue weighted by atomic mass is 9.88. The summed E-state index contributed by atoms with van der Waals surface area (Å²) >= 11 is 6.00. The Hall–Kier alpha value is -3.50. The summed E-state index contributed by atoms with van der Waals surface area (Å²) in [4.78, 5) is 40.5. The van der Waals surface area contributed by atoms with E-state index < -0.39 is 6.04 Å². The van der Waals surface area contributed by atoms with Gasteiger partial charge in [-0.2, -0.15) is 0 Å². The highest BCUT2D eigenvalue weighted by Gasteiger charge is 2.34. The number of amides is 4. The summed E-state index contributed by atoms with van der Waals surface area (Å²) < 4.78 is 15.7. The first kappa shape index (κ1) is 25.6. The Bertz CT molecular complexity index is 1110. The van der Waals surface area contributed by atoms with Gasteiger partial charge in [0.25, 0.3) is 5.91 Å². The number of fused-ring (bicyclic) bond motifs is 1. The predicted octanol–water partition coefficient (Wildman–Crippen LogP) is 2.87. The number of carbonyl (C=O) groups is 3. The minimum absolute atomic E-state index is 0.106. The van der Waals surface area contributed by atoms with Crippen molar-refractivity contribution in [2.45, 2.75) is 18.9 Å². The zero-order valence-electron chi connectivity index (χ0n) is 19.9. The third-order valence-corrected chi connectivity index (χ3v) is 6.42. The van der Waals surface area contributed by atoms with Crippen molar-refractivity contribution in [2.24, 2.45) is 5.92 Å². The van der Waals surface area contributed by atoms with Crippen LogP contribution in [-0.4, -0.2) is 68.9 Å². The van der Waals surface area contributed by atoms with E-state index in [1.54, 1.807) is 54.5 Å². The molecule has 0 radical (unpaired) electrons. The minimum atomic E-state index is -0.766. The van der Waals surface area contributed by atoms with Crippen LogP contribution in [-0.2, 0) is 9.53 Å². The lowest BCUT2D eigenvalue weighted by Gasteiger charge is -2.35. The SMILES string of the molecule is COCCNC(=O)[C@H](NC(=O)c1ccc2c(c1)OCO2)C1CCN(C(=O)Nc2cccc(Cl)c2)CC1. The fraction of sp³-hybridized carbons (Fsp3) is 0.400. The molecule has 11 heteroatoms. The summed E-state index contributed by atoms with van der Waals surface area (Å²) in [5.74, 6) is 0.233. The van der Waals surface area contributed by atoms with Crippen molar-refractivity contribution in [3.63, 3.8) is 0 Å². The summed E-state index contributed by atoms with van der Waals surface area (Å²) in [6, 6.07) is 10.8. The van der Waals surface area contributed by atoms with Crippen LogP contribution in [0.5, 0.6) is 11.5 Å². The monoisotopic (exact) mass is 516 g/mol. The summed E-state index contributed by atoms with van der Waals surface area (Å²) in [6.45, 7) is 1.68. The number of likely N-dealkylation sites (tertiary alicyclic amines) is 1. The van der Waals surface area contributed by atoms with Crippen LogP contribution in [0.15, 0.2) is 42.5 Å². The van der Waals surface area contributed by atoms with Crippen molar-refractivity contribution >= 4 is 35.1 Å². The second-order valence-corrected chi connectivity index (χ2v) is 9.00. The molecule has 192 valence electrons. The Labute approximate surface area is 214 Å². The number of urea groups is 1. The molecule has 4 amide bonds. The molecule has 3 N–H and O–H groups in total. The summed E-state index contributed by atoms with van der Waals surface area (Å²) in [5, 5.41) is 9.09. The van der Waals surface area contributed by atoms with Gasteiger partial charge in [-0.15, -0.1) is 0 Å². The summed E-state index contributed by atoms with van der Waals surface area (Å²) in [5.41, 5.74) is 0.980. The number of rotatable bonds is 8. The molecular weight excluding hydrogens is 488 g/mol. The van der Waals surface area contributed by atoms with Crippen LogP contribution in [0.4, 0.5) is 10.5 Å². The molecule has 0 unspecified atom stereocenters. The van der Waals surface area contributed by atoms with E-state index in [2.05, 4.69) is 16.0 Å². The Kier molecular flexibility index (Phi) is 8.50. The van der Waals surface area contributed by atoms with E-state index in [1.807, 2.05) is 0 Å². The quantitative estimate of drug-likeness (QED) is 0.464. The van der Waals surface area contributed by atoms with Gasteiger partial charge >= 0.3 is 6.03 Å². The molecule has 0 aromatic heterocycles. The average Bonchev–Trinajstić information content (AvgIpc) is 3.35. The number of nitrogens with one attached hydrogen (secondary N) is 3. The molecule has 0 spiro atoms. The van der Waals surface area contributed by atoms with Crippen LogP contribution in [0, 0.1) is 5.92 Å². The molecule has 1 saturated heterocycles. The largest absolute Gasteiger partial charge is 0.454 e. The van der Waals surface area contributed by atoms with Crippen molar-refractivity contribution in [1.29, 1.82) is 0 Å². The van der Waals surface area contributed by atoms with E-state index in [1.165, 1.54) is 0 Å². The van der Waals surface area contributed by atoms with Crippen LogP contribution in [0.25, 0.3) is 0 Å². The zero-order valence-corrected chi connectivity index (χ0v) is 20.7.